The summed E-state index contributed by atoms with van der Waals surface area (Å²) < 4.78 is 6.03. The third-order valence-electron chi connectivity index (χ3n) is 2.70. The van der Waals surface area contributed by atoms with E-state index in [1.165, 1.54) is 11.1 Å². The molecule has 0 spiro atoms. The van der Waals surface area contributed by atoms with Crippen LogP contribution in [0.15, 0.2) is 60.7 Å². The minimum atomic E-state index is 0.00685. The number of hydrogen-bond acceptors (Lipinski definition) is 1. The Balaban J connectivity index is 2.24. The van der Waals surface area contributed by atoms with Crippen molar-refractivity contribution < 1.29 is 4.74 Å². The van der Waals surface area contributed by atoms with Gasteiger partial charge in [0.05, 0.1) is 6.61 Å². The van der Waals surface area contributed by atoms with Gasteiger partial charge in [0, 0.05) is 4.83 Å². The van der Waals surface area contributed by atoms with Crippen LogP contribution in [0.5, 0.6) is 0 Å². The highest BCUT2D eigenvalue weighted by Crippen LogP contribution is 2.26. The molecule has 0 radical (unpaired) electrons. The van der Waals surface area contributed by atoms with Crippen LogP contribution in [0, 0.1) is 0 Å². The van der Waals surface area contributed by atoms with Gasteiger partial charge in [-0.3, -0.25) is 0 Å². The zero-order valence-corrected chi connectivity index (χ0v) is 12.0. The van der Waals surface area contributed by atoms with Crippen LogP contribution < -0.4 is 0 Å². The molecule has 2 heteroatoms. The number of alkyl halides is 1. The van der Waals surface area contributed by atoms with Crippen LogP contribution in [0.3, 0.4) is 0 Å². The summed E-state index contributed by atoms with van der Waals surface area (Å²) >= 11 is 3.52. The maximum absolute atomic E-state index is 6.03. The smallest absolute Gasteiger partial charge is 0.108 e. The molecular formula is C16H17BrO. The molecule has 18 heavy (non-hydrogen) atoms. The molecule has 1 unspecified atom stereocenters. The highest BCUT2D eigenvalue weighted by Gasteiger charge is 2.14. The quantitative estimate of drug-likeness (QED) is 0.735. The topological polar surface area (TPSA) is 9.23 Å². The standard InChI is InChI=1S/C16H17BrO/c1-13(17)12-18-16(14-8-4-2-5-9-14)15-10-6-3-7-11-15/h2-11,13,16H,12H2,1H3. The minimum Gasteiger partial charge on any atom is -0.368 e. The van der Waals surface area contributed by atoms with Gasteiger partial charge in [0.2, 0.25) is 0 Å². The maximum atomic E-state index is 6.03. The van der Waals surface area contributed by atoms with Gasteiger partial charge in [-0.1, -0.05) is 83.5 Å². The summed E-state index contributed by atoms with van der Waals surface area (Å²) in [4.78, 5) is 0.354. The molecule has 0 saturated carbocycles. The van der Waals surface area contributed by atoms with Crippen molar-refractivity contribution in [2.75, 3.05) is 6.61 Å². The van der Waals surface area contributed by atoms with Gasteiger partial charge in [-0.05, 0) is 11.1 Å². The Bertz CT molecular complexity index is 414. The summed E-state index contributed by atoms with van der Waals surface area (Å²) in [5.74, 6) is 0. The molecule has 0 aromatic heterocycles. The van der Waals surface area contributed by atoms with Crippen molar-refractivity contribution in [3.05, 3.63) is 71.8 Å². The first-order valence-corrected chi connectivity index (χ1v) is 7.04. The molecule has 0 bridgehead atoms. The van der Waals surface area contributed by atoms with Crippen molar-refractivity contribution in [2.24, 2.45) is 0 Å². The number of hydrogen-bond donors (Lipinski definition) is 0. The first-order chi connectivity index (χ1) is 8.77. The number of halogens is 1. The summed E-state index contributed by atoms with van der Waals surface area (Å²) in [6.07, 6.45) is 0.00685. The minimum absolute atomic E-state index is 0.00685. The molecule has 0 heterocycles. The lowest BCUT2D eigenvalue weighted by Crippen LogP contribution is -2.11. The van der Waals surface area contributed by atoms with E-state index in [2.05, 4.69) is 47.1 Å². The third kappa shape index (κ3) is 3.69. The summed E-state index contributed by atoms with van der Waals surface area (Å²) in [6, 6.07) is 20.7. The molecule has 0 aliphatic carbocycles. The molecule has 2 rings (SSSR count). The molecule has 0 N–H and O–H groups in total. The summed E-state index contributed by atoms with van der Waals surface area (Å²) in [6.45, 7) is 2.78. The van der Waals surface area contributed by atoms with E-state index in [0.717, 1.165) is 0 Å². The van der Waals surface area contributed by atoms with Crippen LogP contribution in [0.25, 0.3) is 0 Å². The van der Waals surface area contributed by atoms with Gasteiger partial charge in [-0.15, -0.1) is 0 Å². The average Bonchev–Trinajstić information content (AvgIpc) is 2.41. The van der Waals surface area contributed by atoms with E-state index < -0.39 is 0 Å². The lowest BCUT2D eigenvalue weighted by atomic mass is 10.0. The molecule has 0 amide bonds. The largest absolute Gasteiger partial charge is 0.368 e. The van der Waals surface area contributed by atoms with Gasteiger partial charge in [0.1, 0.15) is 6.10 Å². The molecule has 94 valence electrons. The van der Waals surface area contributed by atoms with E-state index >= 15 is 0 Å². The highest BCUT2D eigenvalue weighted by molar-refractivity contribution is 9.09. The van der Waals surface area contributed by atoms with Crippen LogP contribution in [-0.2, 0) is 4.74 Å². The summed E-state index contributed by atoms with van der Waals surface area (Å²) in [5, 5.41) is 0. The average molecular weight is 305 g/mol. The van der Waals surface area contributed by atoms with Gasteiger partial charge in [0.25, 0.3) is 0 Å². The Labute approximate surface area is 117 Å². The van der Waals surface area contributed by atoms with Crippen LogP contribution in [0.2, 0.25) is 0 Å². The number of rotatable bonds is 5. The summed E-state index contributed by atoms with van der Waals surface area (Å²) in [5.41, 5.74) is 2.38. The van der Waals surface area contributed by atoms with E-state index in [9.17, 15) is 0 Å². The maximum Gasteiger partial charge on any atom is 0.108 e. The van der Waals surface area contributed by atoms with Crippen LogP contribution in [0.1, 0.15) is 24.2 Å². The van der Waals surface area contributed by atoms with Crippen molar-refractivity contribution in [1.29, 1.82) is 0 Å². The fourth-order valence-electron chi connectivity index (χ4n) is 1.87. The van der Waals surface area contributed by atoms with Gasteiger partial charge in [0.15, 0.2) is 0 Å². The second-order valence-electron chi connectivity index (χ2n) is 4.32. The Morgan fingerprint density at radius 3 is 1.72 bits per heavy atom. The van der Waals surface area contributed by atoms with Crippen molar-refractivity contribution >= 4 is 15.9 Å². The van der Waals surface area contributed by atoms with E-state index in [4.69, 9.17) is 4.74 Å². The van der Waals surface area contributed by atoms with Gasteiger partial charge in [-0.25, -0.2) is 0 Å². The van der Waals surface area contributed by atoms with E-state index in [1.54, 1.807) is 0 Å². The molecule has 2 aromatic carbocycles. The van der Waals surface area contributed by atoms with E-state index in [1.807, 2.05) is 36.4 Å². The van der Waals surface area contributed by atoms with Crippen molar-refractivity contribution in [3.8, 4) is 0 Å². The number of ether oxygens (including phenoxy) is 1. The number of benzene rings is 2. The molecule has 0 aliphatic heterocycles. The third-order valence-corrected chi connectivity index (χ3v) is 2.96. The van der Waals surface area contributed by atoms with E-state index in [-0.39, 0.29) is 6.10 Å². The van der Waals surface area contributed by atoms with Crippen LogP contribution in [0.4, 0.5) is 0 Å². The lowest BCUT2D eigenvalue weighted by Gasteiger charge is -2.19. The lowest BCUT2D eigenvalue weighted by molar-refractivity contribution is 0.0840. The normalized spacial score (nSPS) is 12.6. The first kappa shape index (κ1) is 13.3. The molecule has 2 aromatic rings. The molecule has 0 saturated heterocycles. The van der Waals surface area contributed by atoms with Crippen molar-refractivity contribution in [3.63, 3.8) is 0 Å². The molecule has 1 nitrogen and oxygen atoms in total. The van der Waals surface area contributed by atoms with Crippen LogP contribution in [-0.4, -0.2) is 11.4 Å². The zero-order valence-electron chi connectivity index (χ0n) is 10.4. The fraction of sp³-hybridized carbons (Fsp3) is 0.250. The highest BCUT2D eigenvalue weighted by atomic mass is 79.9. The van der Waals surface area contributed by atoms with E-state index in [0.29, 0.717) is 11.4 Å². The van der Waals surface area contributed by atoms with Crippen molar-refractivity contribution in [2.45, 2.75) is 17.9 Å². The predicted molar refractivity (Wildman–Crippen MR) is 79.1 cm³/mol. The van der Waals surface area contributed by atoms with Gasteiger partial charge in [-0.2, -0.15) is 0 Å². The Hall–Kier alpha value is -1.12. The predicted octanol–water partition coefficient (Wildman–Crippen LogP) is 4.58. The molecule has 1 atom stereocenters. The molecule has 0 aliphatic rings. The SMILES string of the molecule is CC(Br)COC(c1ccccc1)c1ccccc1. The second-order valence-corrected chi connectivity index (χ2v) is 5.88. The Morgan fingerprint density at radius 1 is 0.889 bits per heavy atom. The van der Waals surface area contributed by atoms with Gasteiger partial charge >= 0.3 is 0 Å². The second kappa shape index (κ2) is 6.72. The Morgan fingerprint density at radius 2 is 1.33 bits per heavy atom. The molecule has 0 fully saturated rings. The van der Waals surface area contributed by atoms with Crippen LogP contribution >= 0.6 is 15.9 Å². The van der Waals surface area contributed by atoms with Gasteiger partial charge < -0.3 is 4.74 Å². The summed E-state index contributed by atoms with van der Waals surface area (Å²) in [7, 11) is 0. The Kier molecular flexibility index (Phi) is 4.97. The first-order valence-electron chi connectivity index (χ1n) is 6.13. The monoisotopic (exact) mass is 304 g/mol. The molecular weight excluding hydrogens is 288 g/mol. The van der Waals surface area contributed by atoms with Crippen molar-refractivity contribution in [1.82, 2.24) is 0 Å². The zero-order chi connectivity index (χ0) is 12.8. The fourth-order valence-corrected chi connectivity index (χ4v) is 2.02.